The second-order valence-electron chi connectivity index (χ2n) is 4.41. The van der Waals surface area contributed by atoms with Crippen LogP contribution in [0.5, 0.6) is 0 Å². The summed E-state index contributed by atoms with van der Waals surface area (Å²) in [6.45, 7) is 0.522. The molecule has 0 atom stereocenters. The molecule has 0 amide bonds. The summed E-state index contributed by atoms with van der Waals surface area (Å²) in [5.74, 6) is 2.90. The van der Waals surface area contributed by atoms with E-state index in [0.717, 1.165) is 23.0 Å². The lowest BCUT2D eigenvalue weighted by atomic mass is 10.2. The van der Waals surface area contributed by atoms with E-state index in [1.54, 1.807) is 6.20 Å². The van der Waals surface area contributed by atoms with Crippen LogP contribution in [0, 0.1) is 0 Å². The third-order valence-electron chi connectivity index (χ3n) is 2.95. The quantitative estimate of drug-likeness (QED) is 0.749. The van der Waals surface area contributed by atoms with Crippen molar-refractivity contribution < 1.29 is 4.52 Å². The second kappa shape index (κ2) is 6.04. The van der Waals surface area contributed by atoms with Gasteiger partial charge in [0.2, 0.25) is 0 Å². The molecular formula is C15H15N5O. The maximum absolute atomic E-state index is 5.06. The third-order valence-corrected chi connectivity index (χ3v) is 2.95. The van der Waals surface area contributed by atoms with Crippen molar-refractivity contribution in [3.63, 3.8) is 0 Å². The average molecular weight is 281 g/mol. The molecule has 0 spiro atoms. The van der Waals surface area contributed by atoms with Gasteiger partial charge in [0.15, 0.2) is 11.6 Å². The Hall–Kier alpha value is -2.89. The minimum atomic E-state index is 0.522. The summed E-state index contributed by atoms with van der Waals surface area (Å²) >= 11 is 0. The predicted octanol–water partition coefficient (Wildman–Crippen LogP) is 2.79. The first-order valence-electron chi connectivity index (χ1n) is 6.61. The number of nitrogens with one attached hydrogen (secondary N) is 2. The van der Waals surface area contributed by atoms with Crippen LogP contribution in [0.1, 0.15) is 5.76 Å². The lowest BCUT2D eigenvalue weighted by Crippen LogP contribution is -2.04. The molecule has 0 saturated heterocycles. The summed E-state index contributed by atoms with van der Waals surface area (Å²) in [7, 11) is 1.83. The fraction of sp³-hybridized carbons (Fsp3) is 0.133. The third kappa shape index (κ3) is 3.17. The summed E-state index contributed by atoms with van der Waals surface area (Å²) < 4.78 is 5.06. The monoisotopic (exact) mass is 281 g/mol. The Balaban J connectivity index is 1.86. The number of hydrogen-bond donors (Lipinski definition) is 2. The van der Waals surface area contributed by atoms with E-state index in [2.05, 4.69) is 25.8 Å². The van der Waals surface area contributed by atoms with Gasteiger partial charge in [-0.1, -0.05) is 35.5 Å². The normalized spacial score (nSPS) is 10.3. The van der Waals surface area contributed by atoms with E-state index in [9.17, 15) is 0 Å². The Morgan fingerprint density at radius 2 is 1.86 bits per heavy atom. The molecule has 2 aromatic heterocycles. The van der Waals surface area contributed by atoms with E-state index in [0.29, 0.717) is 12.4 Å². The minimum absolute atomic E-state index is 0.522. The van der Waals surface area contributed by atoms with Crippen LogP contribution in [0.2, 0.25) is 0 Å². The smallest absolute Gasteiger partial charge is 0.163 e. The molecule has 6 heteroatoms. The highest BCUT2D eigenvalue weighted by atomic mass is 16.5. The summed E-state index contributed by atoms with van der Waals surface area (Å²) in [5.41, 5.74) is 0.970. The lowest BCUT2D eigenvalue weighted by molar-refractivity contribution is 0.388. The molecule has 0 aliphatic carbocycles. The summed E-state index contributed by atoms with van der Waals surface area (Å²) in [6.07, 6.45) is 1.62. The van der Waals surface area contributed by atoms with Crippen LogP contribution in [0.3, 0.4) is 0 Å². The molecule has 0 aliphatic heterocycles. The van der Waals surface area contributed by atoms with Gasteiger partial charge >= 0.3 is 0 Å². The first kappa shape index (κ1) is 13.1. The fourth-order valence-electron chi connectivity index (χ4n) is 1.89. The Kier molecular flexibility index (Phi) is 3.77. The molecule has 3 aromatic rings. The SMILES string of the molecule is CNc1cc(NCc2ccno2)nc(-c2ccccc2)n1. The van der Waals surface area contributed by atoms with Gasteiger partial charge in [0, 0.05) is 24.7 Å². The van der Waals surface area contributed by atoms with Crippen molar-refractivity contribution in [3.8, 4) is 11.4 Å². The molecule has 0 saturated carbocycles. The van der Waals surface area contributed by atoms with Gasteiger partial charge in [-0.2, -0.15) is 0 Å². The summed E-state index contributed by atoms with van der Waals surface area (Å²) in [6, 6.07) is 13.5. The highest BCUT2D eigenvalue weighted by Gasteiger charge is 2.06. The zero-order valence-corrected chi connectivity index (χ0v) is 11.6. The topological polar surface area (TPSA) is 75.9 Å². The number of anilines is 2. The van der Waals surface area contributed by atoms with E-state index in [1.165, 1.54) is 0 Å². The Morgan fingerprint density at radius 3 is 2.57 bits per heavy atom. The molecule has 1 aromatic carbocycles. The number of rotatable bonds is 5. The number of hydrogen-bond acceptors (Lipinski definition) is 6. The molecule has 0 radical (unpaired) electrons. The predicted molar refractivity (Wildman–Crippen MR) is 80.8 cm³/mol. The fourth-order valence-corrected chi connectivity index (χ4v) is 1.89. The van der Waals surface area contributed by atoms with Crippen molar-refractivity contribution in [2.45, 2.75) is 6.54 Å². The van der Waals surface area contributed by atoms with Crippen LogP contribution >= 0.6 is 0 Å². The van der Waals surface area contributed by atoms with E-state index in [-0.39, 0.29) is 0 Å². The van der Waals surface area contributed by atoms with Gasteiger partial charge in [-0.05, 0) is 0 Å². The molecule has 6 nitrogen and oxygen atoms in total. The zero-order chi connectivity index (χ0) is 14.5. The lowest BCUT2D eigenvalue weighted by Gasteiger charge is -2.09. The van der Waals surface area contributed by atoms with Crippen molar-refractivity contribution in [1.82, 2.24) is 15.1 Å². The number of aromatic nitrogens is 3. The van der Waals surface area contributed by atoms with Crippen LogP contribution in [-0.4, -0.2) is 22.2 Å². The summed E-state index contributed by atoms with van der Waals surface area (Å²) in [4.78, 5) is 9.00. The van der Waals surface area contributed by atoms with Gasteiger partial charge in [0.1, 0.15) is 11.6 Å². The molecule has 106 valence electrons. The highest BCUT2D eigenvalue weighted by Crippen LogP contribution is 2.20. The van der Waals surface area contributed by atoms with E-state index < -0.39 is 0 Å². The van der Waals surface area contributed by atoms with Crippen molar-refractivity contribution >= 4 is 11.6 Å². The standard InChI is InChI=1S/C15H15N5O/c1-16-13-9-14(17-10-12-7-8-18-21-12)20-15(19-13)11-5-3-2-4-6-11/h2-9H,10H2,1H3,(H2,16,17,19,20). The van der Waals surface area contributed by atoms with Gasteiger partial charge in [0.05, 0.1) is 12.7 Å². The molecule has 0 aliphatic rings. The van der Waals surface area contributed by atoms with Crippen molar-refractivity contribution in [3.05, 3.63) is 54.4 Å². The van der Waals surface area contributed by atoms with Gasteiger partial charge in [-0.3, -0.25) is 0 Å². The van der Waals surface area contributed by atoms with Crippen LogP contribution in [0.25, 0.3) is 11.4 Å². The molecule has 3 rings (SSSR count). The highest BCUT2D eigenvalue weighted by molar-refractivity contribution is 5.61. The first-order chi connectivity index (χ1) is 10.3. The largest absolute Gasteiger partial charge is 0.373 e. The van der Waals surface area contributed by atoms with E-state index in [4.69, 9.17) is 4.52 Å². The maximum atomic E-state index is 5.06. The molecule has 0 unspecified atom stereocenters. The van der Waals surface area contributed by atoms with Crippen LogP contribution in [0.15, 0.2) is 53.2 Å². The minimum Gasteiger partial charge on any atom is -0.373 e. The molecular weight excluding hydrogens is 266 g/mol. The molecule has 0 bridgehead atoms. The number of nitrogens with zero attached hydrogens (tertiary/aromatic N) is 3. The van der Waals surface area contributed by atoms with Crippen molar-refractivity contribution in [2.24, 2.45) is 0 Å². The zero-order valence-electron chi connectivity index (χ0n) is 11.6. The second-order valence-corrected chi connectivity index (χ2v) is 4.41. The Bertz CT molecular complexity index is 697. The van der Waals surface area contributed by atoms with Crippen LogP contribution in [0.4, 0.5) is 11.6 Å². The molecule has 2 N–H and O–H groups in total. The van der Waals surface area contributed by atoms with Gasteiger partial charge in [0.25, 0.3) is 0 Å². The van der Waals surface area contributed by atoms with Gasteiger partial charge in [-0.15, -0.1) is 0 Å². The first-order valence-corrected chi connectivity index (χ1v) is 6.61. The van der Waals surface area contributed by atoms with Crippen molar-refractivity contribution in [2.75, 3.05) is 17.7 Å². The molecule has 2 heterocycles. The van der Waals surface area contributed by atoms with Gasteiger partial charge < -0.3 is 15.2 Å². The summed E-state index contributed by atoms with van der Waals surface area (Å²) in [5, 5.41) is 9.92. The molecule has 21 heavy (non-hydrogen) atoms. The molecule has 0 fully saturated rings. The number of benzene rings is 1. The van der Waals surface area contributed by atoms with Crippen molar-refractivity contribution in [1.29, 1.82) is 0 Å². The van der Waals surface area contributed by atoms with E-state index in [1.807, 2.05) is 49.5 Å². The van der Waals surface area contributed by atoms with Crippen LogP contribution in [-0.2, 0) is 6.54 Å². The Labute approximate surface area is 122 Å². The van der Waals surface area contributed by atoms with Crippen LogP contribution < -0.4 is 10.6 Å². The average Bonchev–Trinajstić information content (AvgIpc) is 3.07. The van der Waals surface area contributed by atoms with E-state index >= 15 is 0 Å². The van der Waals surface area contributed by atoms with Gasteiger partial charge in [-0.25, -0.2) is 9.97 Å². The Morgan fingerprint density at radius 1 is 1.05 bits per heavy atom. The maximum Gasteiger partial charge on any atom is 0.163 e.